The first kappa shape index (κ1) is 44.0. The maximum atomic E-state index is 14.1. The van der Waals surface area contributed by atoms with Gasteiger partial charge in [-0.3, -0.25) is 24.0 Å². The van der Waals surface area contributed by atoms with E-state index in [2.05, 4.69) is 61.0 Å². The van der Waals surface area contributed by atoms with Gasteiger partial charge in [0.1, 0.15) is 35.5 Å². The zero-order valence-corrected chi connectivity index (χ0v) is 36.0. The molecule has 5 rings (SSSR count). The van der Waals surface area contributed by atoms with Gasteiger partial charge in [0.25, 0.3) is 8.32 Å². The lowest BCUT2D eigenvalue weighted by atomic mass is 9.94. The number of rotatable bonds is 14. The van der Waals surface area contributed by atoms with E-state index in [4.69, 9.17) is 9.16 Å². The lowest BCUT2D eigenvalue weighted by Gasteiger charge is -2.44. The van der Waals surface area contributed by atoms with Gasteiger partial charge in [0, 0.05) is 13.0 Å². The van der Waals surface area contributed by atoms with Crippen LogP contribution in [0, 0.1) is 0 Å². The molecule has 0 unspecified atom stereocenters. The van der Waals surface area contributed by atoms with Gasteiger partial charge in [0.15, 0.2) is 5.78 Å². The van der Waals surface area contributed by atoms with Crippen LogP contribution in [-0.2, 0) is 34.8 Å². The molecule has 2 heterocycles. The quantitative estimate of drug-likeness (QED) is 0.121. The second kappa shape index (κ2) is 19.1. The number of nitrogens with one attached hydrogen (secondary N) is 3. The Balaban J connectivity index is 1.28. The highest BCUT2D eigenvalue weighted by Crippen LogP contribution is 2.37. The number of amides is 4. The molecule has 0 aliphatic carbocycles. The summed E-state index contributed by atoms with van der Waals surface area (Å²) in [6.45, 7) is 12.1. The van der Waals surface area contributed by atoms with Gasteiger partial charge in [-0.25, -0.2) is 0 Å². The highest BCUT2D eigenvalue weighted by atomic mass is 28.4. The van der Waals surface area contributed by atoms with Crippen LogP contribution in [0.1, 0.15) is 85.6 Å². The molecule has 0 saturated carbocycles. The standard InChI is InChI=1S/C46H60N4O7Si/c1-8-46(6)44(55)48-38(31-33-26-28-34(56-7)29-27-33)43(54)50-30-18-24-39(50)42(53)47-37(41(52)49-46)23-16-11-17-25-40(51)32(2)57-58(45(3,4)5,35-19-12-9-13-20-35)36-21-14-10-15-22-36/h9-10,12-15,17,19-22,25-29,32,37-39H,8,11,16,18,23-24,30-31H2,1-7H3,(H,47,53)(H,48,55)(H,49,52)/b25-17+/t32-,37-,38-,39+,46-/m0/s1. The highest BCUT2D eigenvalue weighted by Gasteiger charge is 2.51. The van der Waals surface area contributed by atoms with E-state index in [9.17, 15) is 24.0 Å². The Hall–Kier alpha value is -5.07. The SMILES string of the molecule is CC[C@]1(C)NC(=O)[C@H](CCC/C=C/C(=O)[C@H](C)O[Si](c2ccccc2)(c2ccccc2)C(C)(C)C)NC(=O)[C@H]2CCCN2C(=O)[C@H](Cc2ccc(OC)cc2)NC1=O. The van der Waals surface area contributed by atoms with E-state index < -0.39 is 55.8 Å². The number of nitrogens with zero attached hydrogens (tertiary/aromatic N) is 1. The second-order valence-electron chi connectivity index (χ2n) is 16.7. The summed E-state index contributed by atoms with van der Waals surface area (Å²) >= 11 is 0. The van der Waals surface area contributed by atoms with Crippen molar-refractivity contribution in [2.24, 2.45) is 0 Å². The van der Waals surface area contributed by atoms with Crippen LogP contribution in [0.4, 0.5) is 0 Å². The predicted octanol–water partition coefficient (Wildman–Crippen LogP) is 4.76. The Morgan fingerprint density at radius 3 is 2.10 bits per heavy atom. The number of fused-ring (bicyclic) bond motifs is 1. The first-order valence-corrected chi connectivity index (χ1v) is 22.4. The topological polar surface area (TPSA) is 143 Å². The van der Waals surface area contributed by atoms with Crippen LogP contribution in [0.3, 0.4) is 0 Å². The van der Waals surface area contributed by atoms with Crippen molar-refractivity contribution in [3.8, 4) is 5.75 Å². The summed E-state index contributed by atoms with van der Waals surface area (Å²) in [6.07, 6.45) is 5.32. The van der Waals surface area contributed by atoms with Crippen molar-refractivity contribution in [3.05, 3.63) is 103 Å². The van der Waals surface area contributed by atoms with Crippen LogP contribution in [0.5, 0.6) is 5.75 Å². The van der Waals surface area contributed by atoms with E-state index in [1.54, 1.807) is 52.2 Å². The largest absolute Gasteiger partial charge is 0.497 e. The van der Waals surface area contributed by atoms with Gasteiger partial charge in [-0.05, 0) is 91.6 Å². The number of hydrogen-bond acceptors (Lipinski definition) is 7. The third-order valence-electron chi connectivity index (χ3n) is 11.6. The number of carbonyl (C=O) groups excluding carboxylic acids is 5. The minimum atomic E-state index is -2.95. The van der Waals surface area contributed by atoms with Gasteiger partial charge >= 0.3 is 0 Å². The molecule has 0 bridgehead atoms. The number of ether oxygens (including phenoxy) is 1. The molecule has 3 aromatic rings. The van der Waals surface area contributed by atoms with Crippen LogP contribution in [0.2, 0.25) is 5.04 Å². The van der Waals surface area contributed by atoms with Gasteiger partial charge in [0.05, 0.1) is 7.11 Å². The Morgan fingerprint density at radius 2 is 1.53 bits per heavy atom. The maximum absolute atomic E-state index is 14.1. The van der Waals surface area contributed by atoms with E-state index >= 15 is 0 Å². The fraction of sp³-hybridized carbons (Fsp3) is 0.457. The molecule has 2 aliphatic heterocycles. The van der Waals surface area contributed by atoms with Gasteiger partial charge in [-0.1, -0.05) is 107 Å². The first-order valence-electron chi connectivity index (χ1n) is 20.5. The highest BCUT2D eigenvalue weighted by molar-refractivity contribution is 6.99. The van der Waals surface area contributed by atoms with Crippen molar-refractivity contribution >= 4 is 48.1 Å². The molecule has 0 aromatic heterocycles. The summed E-state index contributed by atoms with van der Waals surface area (Å²) in [5.74, 6) is -1.20. The zero-order chi connectivity index (χ0) is 42.1. The molecule has 3 N–H and O–H groups in total. The van der Waals surface area contributed by atoms with Crippen LogP contribution >= 0.6 is 0 Å². The number of unbranched alkanes of at least 4 members (excludes halogenated alkanes) is 1. The lowest BCUT2D eigenvalue weighted by Crippen LogP contribution is -2.68. The summed E-state index contributed by atoms with van der Waals surface area (Å²) < 4.78 is 12.3. The summed E-state index contributed by atoms with van der Waals surface area (Å²) in [5.41, 5.74) is -0.540. The Morgan fingerprint density at radius 1 is 0.914 bits per heavy atom. The van der Waals surface area contributed by atoms with Crippen LogP contribution in [-0.4, -0.2) is 86.1 Å². The van der Waals surface area contributed by atoms with Crippen molar-refractivity contribution in [2.75, 3.05) is 13.7 Å². The van der Waals surface area contributed by atoms with Crippen molar-refractivity contribution < 1.29 is 33.1 Å². The second-order valence-corrected chi connectivity index (χ2v) is 20.9. The Bertz CT molecular complexity index is 1890. The number of carbonyl (C=O) groups is 5. The predicted molar refractivity (Wildman–Crippen MR) is 228 cm³/mol. The molecular weight excluding hydrogens is 749 g/mol. The molecule has 58 heavy (non-hydrogen) atoms. The summed E-state index contributed by atoms with van der Waals surface area (Å²) in [5, 5.41) is 10.6. The maximum Gasteiger partial charge on any atom is 0.262 e. The molecule has 3 aromatic carbocycles. The monoisotopic (exact) mass is 808 g/mol. The molecule has 12 heteroatoms. The minimum absolute atomic E-state index is 0.161. The fourth-order valence-corrected chi connectivity index (χ4v) is 12.7. The Labute approximate surface area is 344 Å². The first-order chi connectivity index (χ1) is 27.6. The molecule has 2 aliphatic rings. The van der Waals surface area contributed by atoms with Crippen molar-refractivity contribution in [3.63, 3.8) is 0 Å². The van der Waals surface area contributed by atoms with Gasteiger partial charge in [-0.2, -0.15) is 0 Å². The van der Waals surface area contributed by atoms with Crippen LogP contribution in [0.15, 0.2) is 97.1 Å². The van der Waals surface area contributed by atoms with Gasteiger partial charge in [0.2, 0.25) is 23.6 Å². The third-order valence-corrected chi connectivity index (χ3v) is 16.7. The van der Waals surface area contributed by atoms with Crippen molar-refractivity contribution in [2.45, 2.75) is 121 Å². The van der Waals surface area contributed by atoms with E-state index in [1.807, 2.05) is 48.5 Å². The number of benzene rings is 3. The molecule has 5 atom stereocenters. The van der Waals surface area contributed by atoms with Crippen molar-refractivity contribution in [1.82, 2.24) is 20.9 Å². The van der Waals surface area contributed by atoms with Gasteiger partial charge in [-0.15, -0.1) is 0 Å². The summed E-state index contributed by atoms with van der Waals surface area (Å²) in [6, 6.07) is 24.9. The average Bonchev–Trinajstić information content (AvgIpc) is 3.72. The molecular formula is C46H60N4O7Si. The zero-order valence-electron chi connectivity index (χ0n) is 35.0. The van der Waals surface area contributed by atoms with Crippen LogP contribution < -0.4 is 31.1 Å². The molecule has 310 valence electrons. The molecule has 2 fully saturated rings. The molecule has 11 nitrogen and oxygen atoms in total. The smallest absolute Gasteiger partial charge is 0.262 e. The average molecular weight is 809 g/mol. The number of allylic oxidation sites excluding steroid dienone is 1. The fourth-order valence-electron chi connectivity index (χ4n) is 8.01. The molecule has 4 amide bonds. The number of methoxy groups -OCH3 is 1. The summed E-state index contributed by atoms with van der Waals surface area (Å²) in [4.78, 5) is 70.9. The number of hydrogen-bond donors (Lipinski definition) is 3. The summed E-state index contributed by atoms with van der Waals surface area (Å²) in [7, 11) is -1.37. The number of ketones is 1. The van der Waals surface area contributed by atoms with Crippen molar-refractivity contribution in [1.29, 1.82) is 0 Å². The normalized spacial score (nSPS) is 22.6. The lowest BCUT2D eigenvalue weighted by molar-refractivity contribution is -0.144. The van der Waals surface area contributed by atoms with Gasteiger partial charge < -0.3 is 30.0 Å². The van der Waals surface area contributed by atoms with E-state index in [0.717, 1.165) is 15.9 Å². The molecule has 0 spiro atoms. The van der Waals surface area contributed by atoms with E-state index in [1.165, 1.54) is 4.90 Å². The van der Waals surface area contributed by atoms with E-state index in [-0.39, 0.29) is 36.0 Å². The van der Waals surface area contributed by atoms with Crippen LogP contribution in [0.25, 0.3) is 0 Å². The molecule has 0 radical (unpaired) electrons. The molecule has 2 saturated heterocycles. The third kappa shape index (κ3) is 9.95. The minimum Gasteiger partial charge on any atom is -0.497 e. The van der Waals surface area contributed by atoms with E-state index in [0.29, 0.717) is 38.0 Å². The Kier molecular flexibility index (Phi) is 14.5.